The molecule has 19 heavy (non-hydrogen) atoms. The van der Waals surface area contributed by atoms with E-state index in [4.69, 9.17) is 0 Å². The van der Waals surface area contributed by atoms with Gasteiger partial charge in [-0.15, -0.1) is 0 Å². The third-order valence-corrected chi connectivity index (χ3v) is 2.77. The average Bonchev–Trinajstić information content (AvgIpc) is 2.39. The van der Waals surface area contributed by atoms with Gasteiger partial charge in [0.2, 0.25) is 5.82 Å². The summed E-state index contributed by atoms with van der Waals surface area (Å²) < 4.78 is 0. The molecule has 0 amide bonds. The van der Waals surface area contributed by atoms with Crippen molar-refractivity contribution in [3.05, 3.63) is 46.4 Å². The minimum Gasteiger partial charge on any atom is -0.357 e. The minimum absolute atomic E-state index is 0.00514. The maximum Gasteiger partial charge on any atom is 0.312 e. The zero-order chi connectivity index (χ0) is 14.0. The van der Waals surface area contributed by atoms with Crippen LogP contribution in [0.4, 0.5) is 11.5 Å². The van der Waals surface area contributed by atoms with Gasteiger partial charge in [-0.1, -0.05) is 6.07 Å². The van der Waals surface area contributed by atoms with Crippen LogP contribution >= 0.6 is 0 Å². The number of anilines is 1. The first-order valence-electron chi connectivity index (χ1n) is 5.74. The molecule has 0 unspecified atom stereocenters. The lowest BCUT2D eigenvalue weighted by Gasteiger charge is -2.14. The van der Waals surface area contributed by atoms with Gasteiger partial charge in [0.05, 0.1) is 4.92 Å². The van der Waals surface area contributed by atoms with Gasteiger partial charge >= 0.3 is 5.69 Å². The number of nitro groups is 1. The van der Waals surface area contributed by atoms with Gasteiger partial charge in [-0.2, -0.15) is 0 Å². The third-order valence-electron chi connectivity index (χ3n) is 2.77. The van der Waals surface area contributed by atoms with E-state index in [0.29, 0.717) is 5.82 Å². The van der Waals surface area contributed by atoms with Crippen molar-refractivity contribution in [3.63, 3.8) is 0 Å². The molecule has 0 aliphatic carbocycles. The van der Waals surface area contributed by atoms with Crippen molar-refractivity contribution in [2.45, 2.75) is 6.92 Å². The summed E-state index contributed by atoms with van der Waals surface area (Å²) in [4.78, 5) is 20.7. The Bertz CT molecular complexity index is 612. The summed E-state index contributed by atoms with van der Waals surface area (Å²) in [7, 11) is 3.47. The standard InChI is InChI=1S/C13H14N4O2/c1-9-11(10-5-4-6-14-8-10)7-12(17(18)19)13(15-9)16(2)3/h4-8H,1-3H3. The highest BCUT2D eigenvalue weighted by atomic mass is 16.6. The predicted octanol–water partition coefficient (Wildman–Crippen LogP) is 2.43. The van der Waals surface area contributed by atoms with Crippen molar-refractivity contribution >= 4 is 11.5 Å². The molecule has 2 aromatic rings. The maximum atomic E-state index is 11.1. The van der Waals surface area contributed by atoms with Crippen LogP contribution in [-0.4, -0.2) is 29.0 Å². The average molecular weight is 258 g/mol. The van der Waals surface area contributed by atoms with Gasteiger partial charge < -0.3 is 4.90 Å². The molecule has 0 radical (unpaired) electrons. The lowest BCUT2D eigenvalue weighted by Crippen LogP contribution is -2.14. The van der Waals surface area contributed by atoms with Crippen LogP contribution in [0.15, 0.2) is 30.6 Å². The second-order valence-electron chi connectivity index (χ2n) is 4.36. The molecule has 0 saturated carbocycles. The Morgan fingerprint density at radius 3 is 2.63 bits per heavy atom. The minimum atomic E-state index is -0.415. The molecule has 0 bridgehead atoms. The fourth-order valence-electron chi connectivity index (χ4n) is 1.86. The molecule has 0 atom stereocenters. The Balaban J connectivity index is 2.65. The molecule has 2 heterocycles. The van der Waals surface area contributed by atoms with E-state index in [-0.39, 0.29) is 5.69 Å². The predicted molar refractivity (Wildman–Crippen MR) is 73.2 cm³/mol. The van der Waals surface area contributed by atoms with Gasteiger partial charge in [0, 0.05) is 49.4 Å². The van der Waals surface area contributed by atoms with Crippen molar-refractivity contribution in [2.75, 3.05) is 19.0 Å². The highest BCUT2D eigenvalue weighted by molar-refractivity contribution is 5.72. The number of rotatable bonds is 3. The molecular weight excluding hydrogens is 244 g/mol. The van der Waals surface area contributed by atoms with E-state index in [1.54, 1.807) is 43.5 Å². The number of aromatic nitrogens is 2. The number of hydrogen-bond acceptors (Lipinski definition) is 5. The van der Waals surface area contributed by atoms with E-state index in [0.717, 1.165) is 16.8 Å². The van der Waals surface area contributed by atoms with Crippen molar-refractivity contribution in [1.29, 1.82) is 0 Å². The zero-order valence-electron chi connectivity index (χ0n) is 11.0. The molecule has 98 valence electrons. The Labute approximate surface area is 110 Å². The summed E-state index contributed by atoms with van der Waals surface area (Å²) in [5, 5.41) is 11.1. The molecular formula is C13H14N4O2. The molecule has 0 aromatic carbocycles. The largest absolute Gasteiger partial charge is 0.357 e. The molecule has 0 aliphatic heterocycles. The number of aryl methyl sites for hydroxylation is 1. The Morgan fingerprint density at radius 1 is 1.37 bits per heavy atom. The Kier molecular flexibility index (Phi) is 3.41. The monoisotopic (exact) mass is 258 g/mol. The second-order valence-corrected chi connectivity index (χ2v) is 4.36. The number of nitrogens with zero attached hydrogens (tertiary/aromatic N) is 4. The number of hydrogen-bond donors (Lipinski definition) is 0. The summed E-state index contributed by atoms with van der Waals surface area (Å²) in [6, 6.07) is 5.20. The van der Waals surface area contributed by atoms with Crippen molar-refractivity contribution < 1.29 is 4.92 Å². The second kappa shape index (κ2) is 5.01. The van der Waals surface area contributed by atoms with Crippen LogP contribution in [0.3, 0.4) is 0 Å². The Morgan fingerprint density at radius 2 is 2.11 bits per heavy atom. The fraction of sp³-hybridized carbons (Fsp3) is 0.231. The molecule has 2 rings (SSSR count). The van der Waals surface area contributed by atoms with Crippen molar-refractivity contribution in [3.8, 4) is 11.1 Å². The van der Waals surface area contributed by atoms with Crippen LogP contribution in [0, 0.1) is 17.0 Å². The summed E-state index contributed by atoms with van der Waals surface area (Å²) in [5.41, 5.74) is 2.28. The van der Waals surface area contributed by atoms with Crippen LogP contribution in [0.1, 0.15) is 5.69 Å². The van der Waals surface area contributed by atoms with Gasteiger partial charge in [0.1, 0.15) is 0 Å². The van der Waals surface area contributed by atoms with E-state index in [2.05, 4.69) is 9.97 Å². The van der Waals surface area contributed by atoms with Crippen molar-refractivity contribution in [1.82, 2.24) is 9.97 Å². The van der Waals surface area contributed by atoms with E-state index >= 15 is 0 Å². The molecule has 6 nitrogen and oxygen atoms in total. The summed E-state index contributed by atoms with van der Waals surface area (Å²) in [6.07, 6.45) is 3.33. The molecule has 6 heteroatoms. The third kappa shape index (κ3) is 2.52. The van der Waals surface area contributed by atoms with Crippen molar-refractivity contribution in [2.24, 2.45) is 0 Å². The van der Waals surface area contributed by atoms with Gasteiger partial charge in [-0.05, 0) is 13.0 Å². The fourth-order valence-corrected chi connectivity index (χ4v) is 1.86. The first-order chi connectivity index (χ1) is 9.00. The molecule has 0 spiro atoms. The van der Waals surface area contributed by atoms with Gasteiger partial charge in [-0.25, -0.2) is 4.98 Å². The van der Waals surface area contributed by atoms with E-state index in [9.17, 15) is 10.1 Å². The maximum absolute atomic E-state index is 11.1. The molecule has 2 aromatic heterocycles. The summed E-state index contributed by atoms with van der Waals surface area (Å²) in [5.74, 6) is 0.357. The van der Waals surface area contributed by atoms with E-state index in [1.165, 1.54) is 0 Å². The lowest BCUT2D eigenvalue weighted by atomic mass is 10.1. The summed E-state index contributed by atoms with van der Waals surface area (Å²) in [6.45, 7) is 1.83. The molecule has 0 saturated heterocycles. The van der Waals surface area contributed by atoms with Crippen LogP contribution in [-0.2, 0) is 0 Å². The highest BCUT2D eigenvalue weighted by Gasteiger charge is 2.20. The van der Waals surface area contributed by atoms with Gasteiger partial charge in [-0.3, -0.25) is 15.1 Å². The first kappa shape index (κ1) is 12.9. The van der Waals surface area contributed by atoms with Crippen LogP contribution in [0.5, 0.6) is 0 Å². The zero-order valence-corrected chi connectivity index (χ0v) is 11.0. The Hall–Kier alpha value is -2.50. The van der Waals surface area contributed by atoms with Gasteiger partial charge in [0.15, 0.2) is 0 Å². The van der Waals surface area contributed by atoms with E-state index < -0.39 is 4.92 Å². The lowest BCUT2D eigenvalue weighted by molar-refractivity contribution is -0.384. The number of pyridine rings is 2. The first-order valence-corrected chi connectivity index (χ1v) is 5.74. The summed E-state index contributed by atoms with van der Waals surface area (Å²) >= 11 is 0. The quantitative estimate of drug-likeness (QED) is 0.624. The van der Waals surface area contributed by atoms with Crippen LogP contribution in [0.2, 0.25) is 0 Å². The SMILES string of the molecule is Cc1nc(N(C)C)c([N+](=O)[O-])cc1-c1cccnc1. The topological polar surface area (TPSA) is 72.2 Å². The van der Waals surface area contributed by atoms with Crippen LogP contribution < -0.4 is 4.90 Å². The van der Waals surface area contributed by atoms with E-state index in [1.807, 2.05) is 13.0 Å². The normalized spacial score (nSPS) is 10.3. The van der Waals surface area contributed by atoms with Crippen LogP contribution in [0.25, 0.3) is 11.1 Å². The molecule has 0 aliphatic rings. The van der Waals surface area contributed by atoms with Gasteiger partial charge in [0.25, 0.3) is 0 Å². The molecule has 0 N–H and O–H groups in total. The molecule has 0 fully saturated rings. The highest BCUT2D eigenvalue weighted by Crippen LogP contribution is 2.31. The smallest absolute Gasteiger partial charge is 0.312 e.